The minimum absolute atomic E-state index is 0.0758. The lowest BCUT2D eigenvalue weighted by atomic mass is 10.1. The fraction of sp³-hybridized carbons (Fsp3) is 0.250. The Balaban J connectivity index is 2.16. The van der Waals surface area contributed by atoms with E-state index in [1.807, 2.05) is 0 Å². The van der Waals surface area contributed by atoms with Gasteiger partial charge in [0.25, 0.3) is 5.56 Å². The van der Waals surface area contributed by atoms with Crippen LogP contribution in [0.1, 0.15) is 12.1 Å². The predicted molar refractivity (Wildman–Crippen MR) is 64.7 cm³/mol. The maximum absolute atomic E-state index is 11.7. The first-order chi connectivity index (χ1) is 8.34. The van der Waals surface area contributed by atoms with Crippen molar-refractivity contribution in [2.75, 3.05) is 13.1 Å². The number of hydrogen-bond donors (Lipinski definition) is 1. The number of nitrogens with one attached hydrogen (secondary N) is 1. The lowest BCUT2D eigenvalue weighted by Crippen LogP contribution is -2.21. The molecule has 0 atom stereocenters. The molecule has 5 heteroatoms. The van der Waals surface area contributed by atoms with Crippen molar-refractivity contribution in [3.63, 3.8) is 0 Å². The third kappa shape index (κ3) is 1.85. The summed E-state index contributed by atoms with van der Waals surface area (Å²) in [5.41, 5.74) is 2.54. The van der Waals surface area contributed by atoms with E-state index in [4.69, 9.17) is 0 Å². The summed E-state index contributed by atoms with van der Waals surface area (Å²) < 4.78 is 1.53. The van der Waals surface area contributed by atoms with Crippen LogP contribution in [0.2, 0.25) is 0 Å². The van der Waals surface area contributed by atoms with Crippen LogP contribution in [0.3, 0.4) is 0 Å². The number of fused-ring (bicyclic) bond motifs is 1. The molecule has 0 fully saturated rings. The molecule has 0 amide bonds. The Morgan fingerprint density at radius 1 is 1.35 bits per heavy atom. The molecule has 1 N–H and O–H groups in total. The van der Waals surface area contributed by atoms with E-state index in [1.54, 1.807) is 12.4 Å². The van der Waals surface area contributed by atoms with Crippen LogP contribution in [-0.2, 0) is 0 Å². The summed E-state index contributed by atoms with van der Waals surface area (Å²) in [7, 11) is 0. The second-order valence-corrected chi connectivity index (χ2v) is 3.97. The van der Waals surface area contributed by atoms with Gasteiger partial charge in [-0.2, -0.15) is 0 Å². The molecule has 86 valence electrons. The Bertz CT molecular complexity index is 644. The second-order valence-electron chi connectivity index (χ2n) is 3.97. The average molecular weight is 228 g/mol. The van der Waals surface area contributed by atoms with Crippen molar-refractivity contribution in [1.82, 2.24) is 19.7 Å². The van der Waals surface area contributed by atoms with Gasteiger partial charge in [0, 0.05) is 25.0 Å². The van der Waals surface area contributed by atoms with E-state index in [-0.39, 0.29) is 5.56 Å². The van der Waals surface area contributed by atoms with E-state index in [9.17, 15) is 4.79 Å². The van der Waals surface area contributed by atoms with Gasteiger partial charge in [0.15, 0.2) is 5.65 Å². The molecule has 0 bridgehead atoms. The van der Waals surface area contributed by atoms with Gasteiger partial charge >= 0.3 is 0 Å². The average Bonchev–Trinajstić information content (AvgIpc) is 2.40. The molecule has 0 aliphatic carbocycles. The monoisotopic (exact) mass is 228 g/mol. The summed E-state index contributed by atoms with van der Waals surface area (Å²) in [6.07, 6.45) is 7.96. The molecular formula is C12H12N4O. The predicted octanol–water partition coefficient (Wildman–Crippen LogP) is 0.466. The summed E-state index contributed by atoms with van der Waals surface area (Å²) in [5.74, 6) is 0. The number of rotatable bonds is 1. The van der Waals surface area contributed by atoms with Crippen LogP contribution in [0.4, 0.5) is 0 Å². The van der Waals surface area contributed by atoms with E-state index in [0.29, 0.717) is 5.65 Å². The number of hydrogen-bond acceptors (Lipinski definition) is 4. The highest BCUT2D eigenvalue weighted by Gasteiger charge is 2.08. The first kappa shape index (κ1) is 10.2. The van der Waals surface area contributed by atoms with E-state index in [1.165, 1.54) is 22.2 Å². The zero-order chi connectivity index (χ0) is 11.7. The largest absolute Gasteiger partial charge is 0.313 e. The molecule has 2 aromatic rings. The Labute approximate surface area is 97.8 Å². The van der Waals surface area contributed by atoms with Gasteiger partial charge in [-0.3, -0.25) is 14.2 Å². The highest BCUT2D eigenvalue weighted by atomic mass is 16.1. The number of aromatic nitrogens is 3. The van der Waals surface area contributed by atoms with Crippen molar-refractivity contribution in [2.45, 2.75) is 6.42 Å². The van der Waals surface area contributed by atoms with Crippen molar-refractivity contribution in [3.05, 3.63) is 46.8 Å². The Hall–Kier alpha value is -2.01. The van der Waals surface area contributed by atoms with Crippen LogP contribution in [0, 0.1) is 0 Å². The molecule has 0 saturated carbocycles. The third-order valence-corrected chi connectivity index (χ3v) is 2.87. The van der Waals surface area contributed by atoms with Crippen LogP contribution in [0.25, 0.3) is 11.2 Å². The van der Waals surface area contributed by atoms with Crippen molar-refractivity contribution in [2.24, 2.45) is 0 Å². The SMILES string of the molecule is O=c1ccnc2cnc(C3=CCNCC3)cn12. The van der Waals surface area contributed by atoms with Crippen molar-refractivity contribution in [3.8, 4) is 0 Å². The van der Waals surface area contributed by atoms with Crippen molar-refractivity contribution >= 4 is 11.2 Å². The molecule has 1 aliphatic heterocycles. The molecule has 1 aliphatic rings. The van der Waals surface area contributed by atoms with Crippen LogP contribution in [0.5, 0.6) is 0 Å². The van der Waals surface area contributed by atoms with Gasteiger partial charge in [-0.15, -0.1) is 0 Å². The molecule has 3 rings (SSSR count). The fourth-order valence-corrected chi connectivity index (χ4v) is 1.96. The topological polar surface area (TPSA) is 59.3 Å². The zero-order valence-corrected chi connectivity index (χ0v) is 9.26. The molecule has 5 nitrogen and oxygen atoms in total. The van der Waals surface area contributed by atoms with Crippen LogP contribution in [0.15, 0.2) is 35.5 Å². The molecule has 0 radical (unpaired) electrons. The van der Waals surface area contributed by atoms with Crippen molar-refractivity contribution < 1.29 is 0 Å². The smallest absolute Gasteiger partial charge is 0.257 e. The highest BCUT2D eigenvalue weighted by molar-refractivity contribution is 5.63. The standard InChI is InChI=1S/C12H12N4O/c17-12-3-6-14-11-7-15-10(8-16(11)12)9-1-4-13-5-2-9/h1,3,6-8,13H,2,4-5H2. The second kappa shape index (κ2) is 4.10. The van der Waals surface area contributed by atoms with Gasteiger partial charge in [0.2, 0.25) is 0 Å². The Morgan fingerprint density at radius 2 is 2.29 bits per heavy atom. The van der Waals surface area contributed by atoms with Crippen LogP contribution < -0.4 is 10.9 Å². The summed E-state index contributed by atoms with van der Waals surface area (Å²) in [6.45, 7) is 1.81. The van der Waals surface area contributed by atoms with E-state index < -0.39 is 0 Å². The maximum Gasteiger partial charge on any atom is 0.257 e. The van der Waals surface area contributed by atoms with Gasteiger partial charge in [-0.25, -0.2) is 4.98 Å². The van der Waals surface area contributed by atoms with Crippen LogP contribution >= 0.6 is 0 Å². The molecule has 0 unspecified atom stereocenters. The minimum Gasteiger partial charge on any atom is -0.313 e. The lowest BCUT2D eigenvalue weighted by Gasteiger charge is -2.13. The molecule has 2 aromatic heterocycles. The van der Waals surface area contributed by atoms with Gasteiger partial charge < -0.3 is 5.32 Å². The van der Waals surface area contributed by atoms with Gasteiger partial charge in [0.05, 0.1) is 11.9 Å². The highest BCUT2D eigenvalue weighted by Crippen LogP contribution is 2.16. The van der Waals surface area contributed by atoms with Crippen LogP contribution in [-0.4, -0.2) is 27.5 Å². The Morgan fingerprint density at radius 3 is 3.12 bits per heavy atom. The number of nitrogens with zero attached hydrogens (tertiary/aromatic N) is 3. The van der Waals surface area contributed by atoms with Gasteiger partial charge in [-0.05, 0) is 18.5 Å². The molecule has 17 heavy (non-hydrogen) atoms. The lowest BCUT2D eigenvalue weighted by molar-refractivity contribution is 0.736. The summed E-state index contributed by atoms with van der Waals surface area (Å²) >= 11 is 0. The fourth-order valence-electron chi connectivity index (χ4n) is 1.96. The normalized spacial score (nSPS) is 15.9. The third-order valence-electron chi connectivity index (χ3n) is 2.87. The first-order valence-electron chi connectivity index (χ1n) is 5.58. The first-order valence-corrected chi connectivity index (χ1v) is 5.58. The summed E-state index contributed by atoms with van der Waals surface area (Å²) in [5, 5.41) is 3.25. The molecular weight excluding hydrogens is 216 g/mol. The van der Waals surface area contributed by atoms with E-state index >= 15 is 0 Å². The van der Waals surface area contributed by atoms with E-state index in [2.05, 4.69) is 21.4 Å². The molecule has 0 saturated heterocycles. The quantitative estimate of drug-likeness (QED) is 0.770. The van der Waals surface area contributed by atoms with Gasteiger partial charge in [-0.1, -0.05) is 6.08 Å². The molecule has 0 spiro atoms. The zero-order valence-electron chi connectivity index (χ0n) is 9.26. The molecule has 3 heterocycles. The summed E-state index contributed by atoms with van der Waals surface area (Å²) in [6, 6.07) is 1.45. The van der Waals surface area contributed by atoms with Crippen molar-refractivity contribution in [1.29, 1.82) is 0 Å². The maximum atomic E-state index is 11.7. The van der Waals surface area contributed by atoms with E-state index in [0.717, 1.165) is 25.2 Å². The van der Waals surface area contributed by atoms with Gasteiger partial charge in [0.1, 0.15) is 0 Å². The molecule has 0 aromatic carbocycles. The summed E-state index contributed by atoms with van der Waals surface area (Å²) in [4.78, 5) is 20.1. The minimum atomic E-state index is -0.0758. The Kier molecular flexibility index (Phi) is 2.45.